The molecule has 0 N–H and O–H groups in total. The van der Waals surface area contributed by atoms with Gasteiger partial charge < -0.3 is 0 Å². The van der Waals surface area contributed by atoms with E-state index in [1.54, 1.807) is 25.3 Å². The minimum atomic E-state index is -0.485. The maximum Gasteiger partial charge on any atom is 0.254 e. The number of fused-ring (bicyclic) bond motifs is 1. The molecular formula is C10H7ClN2O. The first-order chi connectivity index (χ1) is 6.68. The van der Waals surface area contributed by atoms with Crippen LogP contribution in [0, 0.1) is 6.92 Å². The third-order valence-electron chi connectivity index (χ3n) is 1.99. The first kappa shape index (κ1) is 9.09. The molecule has 2 aromatic rings. The van der Waals surface area contributed by atoms with Gasteiger partial charge >= 0.3 is 0 Å². The first-order valence-corrected chi connectivity index (χ1v) is 4.48. The fourth-order valence-electron chi connectivity index (χ4n) is 1.29. The molecule has 3 nitrogen and oxygen atoms in total. The van der Waals surface area contributed by atoms with Crippen LogP contribution in [0.2, 0.25) is 0 Å². The van der Waals surface area contributed by atoms with Crippen molar-refractivity contribution in [1.82, 2.24) is 9.97 Å². The molecule has 4 heteroatoms. The molecule has 2 aromatic heterocycles. The van der Waals surface area contributed by atoms with Crippen LogP contribution >= 0.6 is 11.6 Å². The number of aromatic nitrogens is 2. The fraction of sp³-hybridized carbons (Fsp3) is 0.100. The molecule has 2 heterocycles. The number of hydrogen-bond acceptors (Lipinski definition) is 3. The van der Waals surface area contributed by atoms with Crippen molar-refractivity contribution >= 4 is 27.9 Å². The van der Waals surface area contributed by atoms with Crippen molar-refractivity contribution in [3.63, 3.8) is 0 Å². The molecule has 0 unspecified atom stereocenters. The van der Waals surface area contributed by atoms with E-state index >= 15 is 0 Å². The van der Waals surface area contributed by atoms with Crippen molar-refractivity contribution in [1.29, 1.82) is 0 Å². The number of carbonyl (C=O) groups is 1. The number of halogens is 1. The highest BCUT2D eigenvalue weighted by Crippen LogP contribution is 2.15. The predicted molar refractivity (Wildman–Crippen MR) is 54.5 cm³/mol. The van der Waals surface area contributed by atoms with Crippen molar-refractivity contribution in [2.45, 2.75) is 6.92 Å². The van der Waals surface area contributed by atoms with Crippen LogP contribution < -0.4 is 0 Å². The van der Waals surface area contributed by atoms with Crippen LogP contribution in [0.25, 0.3) is 11.0 Å². The Labute approximate surface area is 85.7 Å². The van der Waals surface area contributed by atoms with Gasteiger partial charge in [-0.2, -0.15) is 0 Å². The van der Waals surface area contributed by atoms with Crippen LogP contribution in [0.15, 0.2) is 24.4 Å². The summed E-state index contributed by atoms with van der Waals surface area (Å²) in [5.41, 5.74) is 1.68. The van der Waals surface area contributed by atoms with E-state index in [9.17, 15) is 4.79 Å². The zero-order valence-electron chi connectivity index (χ0n) is 7.49. The smallest absolute Gasteiger partial charge is 0.254 e. The van der Waals surface area contributed by atoms with Gasteiger partial charge in [-0.05, 0) is 36.7 Å². The summed E-state index contributed by atoms with van der Waals surface area (Å²) in [7, 11) is 0. The normalized spacial score (nSPS) is 10.4. The fourth-order valence-corrected chi connectivity index (χ4v) is 1.48. The Balaban J connectivity index is 2.77. The minimum Gasteiger partial charge on any atom is -0.276 e. The van der Waals surface area contributed by atoms with Gasteiger partial charge in [0.2, 0.25) is 0 Å². The summed E-state index contributed by atoms with van der Waals surface area (Å²) in [5.74, 6) is 0. The zero-order chi connectivity index (χ0) is 10.1. The largest absolute Gasteiger partial charge is 0.276 e. The van der Waals surface area contributed by atoms with Gasteiger partial charge in [0.15, 0.2) is 5.65 Å². The van der Waals surface area contributed by atoms with Gasteiger partial charge in [-0.25, -0.2) is 9.97 Å². The van der Waals surface area contributed by atoms with Crippen molar-refractivity contribution in [2.24, 2.45) is 0 Å². The summed E-state index contributed by atoms with van der Waals surface area (Å²) >= 11 is 5.41. The molecule has 0 atom stereocenters. The van der Waals surface area contributed by atoms with E-state index in [1.165, 1.54) is 0 Å². The van der Waals surface area contributed by atoms with Crippen molar-refractivity contribution < 1.29 is 4.79 Å². The van der Waals surface area contributed by atoms with E-state index in [0.29, 0.717) is 16.9 Å². The predicted octanol–water partition coefficient (Wildman–Crippen LogP) is 2.32. The van der Waals surface area contributed by atoms with Crippen molar-refractivity contribution in [3.8, 4) is 0 Å². The minimum absolute atomic E-state index is 0.437. The maximum absolute atomic E-state index is 11.0. The average molecular weight is 207 g/mol. The topological polar surface area (TPSA) is 42.9 Å². The summed E-state index contributed by atoms with van der Waals surface area (Å²) < 4.78 is 0. The number of carbonyl (C=O) groups excluding carboxylic acids is 1. The number of aryl methyl sites for hydroxylation is 1. The molecule has 0 saturated heterocycles. The van der Waals surface area contributed by atoms with Crippen molar-refractivity contribution in [3.05, 3.63) is 35.7 Å². The average Bonchev–Trinajstić information content (AvgIpc) is 2.16. The summed E-state index contributed by atoms with van der Waals surface area (Å²) in [5, 5.41) is 0.336. The van der Waals surface area contributed by atoms with Crippen LogP contribution in [0.5, 0.6) is 0 Å². The second-order valence-corrected chi connectivity index (χ2v) is 3.29. The molecule has 0 spiro atoms. The van der Waals surface area contributed by atoms with Gasteiger partial charge in [0.05, 0.1) is 11.3 Å². The monoisotopic (exact) mass is 206 g/mol. The van der Waals surface area contributed by atoms with E-state index < -0.39 is 5.24 Å². The highest BCUT2D eigenvalue weighted by atomic mass is 35.5. The molecule has 0 amide bonds. The lowest BCUT2D eigenvalue weighted by atomic mass is 10.2. The van der Waals surface area contributed by atoms with Gasteiger partial charge in [0.25, 0.3) is 5.24 Å². The third-order valence-corrected chi connectivity index (χ3v) is 2.20. The maximum atomic E-state index is 11.0. The molecule has 0 aliphatic carbocycles. The summed E-state index contributed by atoms with van der Waals surface area (Å²) in [6, 6.07) is 5.35. The Morgan fingerprint density at radius 1 is 1.50 bits per heavy atom. The van der Waals surface area contributed by atoms with Crippen molar-refractivity contribution in [2.75, 3.05) is 0 Å². The van der Waals surface area contributed by atoms with Crippen LogP contribution in [-0.2, 0) is 0 Å². The van der Waals surface area contributed by atoms with Crippen LogP contribution in [0.1, 0.15) is 16.1 Å². The Morgan fingerprint density at radius 2 is 2.29 bits per heavy atom. The van der Waals surface area contributed by atoms with Crippen LogP contribution in [-0.4, -0.2) is 15.2 Å². The van der Waals surface area contributed by atoms with Gasteiger partial charge in [-0.3, -0.25) is 4.79 Å². The van der Waals surface area contributed by atoms with E-state index in [-0.39, 0.29) is 0 Å². The molecule has 0 radical (unpaired) electrons. The Morgan fingerprint density at radius 3 is 3.00 bits per heavy atom. The molecular weight excluding hydrogens is 200 g/mol. The quantitative estimate of drug-likeness (QED) is 0.673. The Hall–Kier alpha value is -1.48. The third kappa shape index (κ3) is 1.46. The molecule has 14 heavy (non-hydrogen) atoms. The second kappa shape index (κ2) is 3.35. The van der Waals surface area contributed by atoms with Crippen LogP contribution in [0.4, 0.5) is 0 Å². The standard InChI is InChI=1S/C10H7ClN2O/c1-6-8(9(11)14)5-7-3-2-4-12-10(7)13-6/h2-5H,1H3. The van der Waals surface area contributed by atoms with Gasteiger partial charge in [0, 0.05) is 11.6 Å². The first-order valence-electron chi connectivity index (χ1n) is 4.10. The molecule has 0 saturated carbocycles. The summed E-state index contributed by atoms with van der Waals surface area (Å²) in [6.07, 6.45) is 1.66. The lowest BCUT2D eigenvalue weighted by Gasteiger charge is -2.01. The zero-order valence-corrected chi connectivity index (χ0v) is 8.25. The highest BCUT2D eigenvalue weighted by molar-refractivity contribution is 6.68. The number of nitrogens with zero attached hydrogens (tertiary/aromatic N) is 2. The molecule has 0 fully saturated rings. The SMILES string of the molecule is Cc1nc2ncccc2cc1C(=O)Cl. The molecule has 0 bridgehead atoms. The summed E-state index contributed by atoms with van der Waals surface area (Å²) in [6.45, 7) is 1.74. The number of hydrogen-bond donors (Lipinski definition) is 0. The van der Waals surface area contributed by atoms with Gasteiger partial charge in [-0.1, -0.05) is 0 Å². The van der Waals surface area contributed by atoms with E-state index in [2.05, 4.69) is 9.97 Å². The molecule has 70 valence electrons. The molecule has 0 aliphatic heterocycles. The van der Waals surface area contributed by atoms with E-state index in [4.69, 9.17) is 11.6 Å². The van der Waals surface area contributed by atoms with Crippen LogP contribution in [0.3, 0.4) is 0 Å². The summed E-state index contributed by atoms with van der Waals surface area (Å²) in [4.78, 5) is 19.3. The number of rotatable bonds is 1. The lowest BCUT2D eigenvalue weighted by Crippen LogP contribution is -1.97. The number of pyridine rings is 2. The Kier molecular flexibility index (Phi) is 2.17. The van der Waals surface area contributed by atoms with Gasteiger partial charge in [-0.15, -0.1) is 0 Å². The van der Waals surface area contributed by atoms with Gasteiger partial charge in [0.1, 0.15) is 0 Å². The lowest BCUT2D eigenvalue weighted by molar-refractivity contribution is 0.108. The molecule has 0 aromatic carbocycles. The molecule has 0 aliphatic rings. The van der Waals surface area contributed by atoms with E-state index in [0.717, 1.165) is 5.39 Å². The van der Waals surface area contributed by atoms with E-state index in [1.807, 2.05) is 6.07 Å². The Bertz CT molecular complexity index is 510. The highest BCUT2D eigenvalue weighted by Gasteiger charge is 2.08. The second-order valence-electron chi connectivity index (χ2n) is 2.95. The molecule has 2 rings (SSSR count).